The summed E-state index contributed by atoms with van der Waals surface area (Å²) < 4.78 is 5.56. The van der Waals surface area contributed by atoms with Gasteiger partial charge in [-0.3, -0.25) is 4.99 Å². The lowest BCUT2D eigenvalue weighted by Crippen LogP contribution is -2.36. The molecule has 1 heterocycles. The second-order valence-electron chi connectivity index (χ2n) is 6.38. The zero-order valence-electron chi connectivity index (χ0n) is 16.2. The minimum absolute atomic E-state index is 0. The SMILES string of the molecule is CN=C(NCc1ccc(OC(C)C)nc1)NCc1ccc(C)cc1C.I. The van der Waals surface area contributed by atoms with E-state index in [9.17, 15) is 0 Å². The van der Waals surface area contributed by atoms with Gasteiger partial charge in [0.15, 0.2) is 5.96 Å². The zero-order valence-corrected chi connectivity index (χ0v) is 18.5. The molecule has 0 radical (unpaired) electrons. The molecule has 0 saturated carbocycles. The van der Waals surface area contributed by atoms with Gasteiger partial charge in [-0.1, -0.05) is 29.8 Å². The highest BCUT2D eigenvalue weighted by Gasteiger charge is 2.03. The number of hydrogen-bond donors (Lipinski definition) is 2. The van der Waals surface area contributed by atoms with Crippen LogP contribution >= 0.6 is 24.0 Å². The molecule has 0 amide bonds. The molecule has 0 atom stereocenters. The van der Waals surface area contributed by atoms with Crippen molar-refractivity contribution in [2.45, 2.75) is 46.9 Å². The highest BCUT2D eigenvalue weighted by atomic mass is 127. The maximum absolute atomic E-state index is 5.56. The van der Waals surface area contributed by atoms with Crippen LogP contribution in [0, 0.1) is 13.8 Å². The second-order valence-corrected chi connectivity index (χ2v) is 6.38. The van der Waals surface area contributed by atoms with Crippen LogP contribution in [0.25, 0.3) is 0 Å². The molecule has 2 aromatic rings. The molecule has 1 aromatic carbocycles. The summed E-state index contributed by atoms with van der Waals surface area (Å²) in [6.45, 7) is 9.61. The van der Waals surface area contributed by atoms with Crippen LogP contribution < -0.4 is 15.4 Å². The fourth-order valence-electron chi connectivity index (χ4n) is 2.46. The molecule has 142 valence electrons. The minimum Gasteiger partial charge on any atom is -0.475 e. The first-order valence-corrected chi connectivity index (χ1v) is 8.60. The number of ether oxygens (including phenoxy) is 1. The fraction of sp³-hybridized carbons (Fsp3) is 0.400. The third-order valence-electron chi connectivity index (χ3n) is 3.78. The highest BCUT2D eigenvalue weighted by molar-refractivity contribution is 14.0. The summed E-state index contributed by atoms with van der Waals surface area (Å²) in [7, 11) is 1.77. The number of nitrogens with one attached hydrogen (secondary N) is 2. The van der Waals surface area contributed by atoms with Gasteiger partial charge in [0.2, 0.25) is 5.88 Å². The molecule has 6 heteroatoms. The van der Waals surface area contributed by atoms with Crippen molar-refractivity contribution < 1.29 is 4.74 Å². The number of guanidine groups is 1. The van der Waals surface area contributed by atoms with E-state index in [1.54, 1.807) is 7.05 Å². The first kappa shape index (κ1) is 22.2. The third-order valence-corrected chi connectivity index (χ3v) is 3.78. The van der Waals surface area contributed by atoms with Crippen LogP contribution in [-0.4, -0.2) is 24.1 Å². The smallest absolute Gasteiger partial charge is 0.213 e. The number of pyridine rings is 1. The van der Waals surface area contributed by atoms with Crippen molar-refractivity contribution in [3.63, 3.8) is 0 Å². The Labute approximate surface area is 173 Å². The van der Waals surface area contributed by atoms with Crippen molar-refractivity contribution in [3.05, 3.63) is 58.8 Å². The van der Waals surface area contributed by atoms with E-state index in [1.807, 2.05) is 32.2 Å². The van der Waals surface area contributed by atoms with Crippen LogP contribution in [0.2, 0.25) is 0 Å². The predicted molar refractivity (Wildman–Crippen MR) is 118 cm³/mol. The molecular formula is C20H29IN4O. The van der Waals surface area contributed by atoms with E-state index in [0.29, 0.717) is 12.4 Å². The molecule has 0 aliphatic carbocycles. The second kappa shape index (κ2) is 11.0. The quantitative estimate of drug-likeness (QED) is 0.383. The Bertz CT molecular complexity index is 714. The van der Waals surface area contributed by atoms with Gasteiger partial charge < -0.3 is 15.4 Å². The van der Waals surface area contributed by atoms with Gasteiger partial charge in [0, 0.05) is 32.4 Å². The Hall–Kier alpha value is -1.83. The average molecular weight is 468 g/mol. The lowest BCUT2D eigenvalue weighted by Gasteiger charge is -2.14. The van der Waals surface area contributed by atoms with Crippen LogP contribution in [0.5, 0.6) is 5.88 Å². The first-order chi connectivity index (χ1) is 12.0. The summed E-state index contributed by atoms with van der Waals surface area (Å²) in [5.41, 5.74) is 4.91. The summed E-state index contributed by atoms with van der Waals surface area (Å²) >= 11 is 0. The highest BCUT2D eigenvalue weighted by Crippen LogP contribution is 2.11. The Kier molecular flexibility index (Phi) is 9.40. The van der Waals surface area contributed by atoms with Crippen LogP contribution in [-0.2, 0) is 13.1 Å². The number of hydrogen-bond acceptors (Lipinski definition) is 3. The molecule has 0 spiro atoms. The first-order valence-electron chi connectivity index (χ1n) is 8.60. The monoisotopic (exact) mass is 468 g/mol. The molecule has 5 nitrogen and oxygen atoms in total. The van der Waals surface area contributed by atoms with Crippen molar-refractivity contribution in [2.75, 3.05) is 7.05 Å². The molecule has 0 aliphatic rings. The van der Waals surface area contributed by atoms with Gasteiger partial charge in [0.25, 0.3) is 0 Å². The average Bonchev–Trinajstić information content (AvgIpc) is 2.57. The number of aliphatic imine (C=N–C) groups is 1. The largest absolute Gasteiger partial charge is 0.475 e. The van der Waals surface area contributed by atoms with E-state index >= 15 is 0 Å². The van der Waals surface area contributed by atoms with E-state index in [2.05, 4.69) is 52.7 Å². The summed E-state index contributed by atoms with van der Waals surface area (Å²) in [4.78, 5) is 8.59. The van der Waals surface area contributed by atoms with Crippen molar-refractivity contribution in [1.82, 2.24) is 15.6 Å². The van der Waals surface area contributed by atoms with E-state index in [4.69, 9.17) is 4.74 Å². The van der Waals surface area contributed by atoms with Gasteiger partial charge in [-0.25, -0.2) is 4.98 Å². The predicted octanol–water partition coefficient (Wildman–Crippen LogP) is 3.97. The van der Waals surface area contributed by atoms with Gasteiger partial charge in [-0.2, -0.15) is 0 Å². The van der Waals surface area contributed by atoms with Crippen LogP contribution in [0.3, 0.4) is 0 Å². The van der Waals surface area contributed by atoms with Crippen molar-refractivity contribution in [1.29, 1.82) is 0 Å². The van der Waals surface area contributed by atoms with E-state index < -0.39 is 0 Å². The Morgan fingerprint density at radius 1 is 1.12 bits per heavy atom. The standard InChI is InChI=1S/C20H28N4O.HI/c1-14(2)25-19-9-7-17(11-22-19)12-23-20(21-5)24-13-18-8-6-15(3)10-16(18)4;/h6-11,14H,12-13H2,1-5H3,(H2,21,23,24);1H. The fourth-order valence-corrected chi connectivity index (χ4v) is 2.46. The minimum atomic E-state index is 0. The lowest BCUT2D eigenvalue weighted by molar-refractivity contribution is 0.232. The molecule has 0 bridgehead atoms. The summed E-state index contributed by atoms with van der Waals surface area (Å²) in [5, 5.41) is 6.65. The molecule has 0 unspecified atom stereocenters. The molecule has 0 fully saturated rings. The van der Waals surface area contributed by atoms with Gasteiger partial charge in [0.1, 0.15) is 0 Å². The number of benzene rings is 1. The van der Waals surface area contributed by atoms with Gasteiger partial charge in [-0.05, 0) is 44.4 Å². The summed E-state index contributed by atoms with van der Waals surface area (Å²) in [6, 6.07) is 10.4. The number of nitrogens with zero attached hydrogens (tertiary/aromatic N) is 2. The third kappa shape index (κ3) is 7.19. The molecule has 0 aliphatic heterocycles. The van der Waals surface area contributed by atoms with E-state index in [-0.39, 0.29) is 30.1 Å². The number of halogens is 1. The maximum atomic E-state index is 5.56. The molecule has 2 N–H and O–H groups in total. The number of rotatable bonds is 6. The molecule has 2 rings (SSSR count). The van der Waals surface area contributed by atoms with Crippen molar-refractivity contribution >= 4 is 29.9 Å². The van der Waals surface area contributed by atoms with Crippen molar-refractivity contribution in [3.8, 4) is 5.88 Å². The van der Waals surface area contributed by atoms with E-state index in [0.717, 1.165) is 18.1 Å². The van der Waals surface area contributed by atoms with Crippen LogP contribution in [0.4, 0.5) is 0 Å². The number of aromatic nitrogens is 1. The topological polar surface area (TPSA) is 58.5 Å². The molecule has 26 heavy (non-hydrogen) atoms. The lowest BCUT2D eigenvalue weighted by atomic mass is 10.1. The van der Waals surface area contributed by atoms with Crippen LogP contribution in [0.15, 0.2) is 41.5 Å². The molecule has 0 saturated heterocycles. The number of aryl methyl sites for hydroxylation is 2. The van der Waals surface area contributed by atoms with Gasteiger partial charge >= 0.3 is 0 Å². The Morgan fingerprint density at radius 3 is 2.42 bits per heavy atom. The van der Waals surface area contributed by atoms with Crippen molar-refractivity contribution in [2.24, 2.45) is 4.99 Å². The molecule has 1 aromatic heterocycles. The zero-order chi connectivity index (χ0) is 18.2. The Balaban J connectivity index is 0.00000338. The van der Waals surface area contributed by atoms with Gasteiger partial charge in [-0.15, -0.1) is 24.0 Å². The van der Waals surface area contributed by atoms with E-state index in [1.165, 1.54) is 16.7 Å². The summed E-state index contributed by atoms with van der Waals surface area (Å²) in [6.07, 6.45) is 1.95. The normalized spacial score (nSPS) is 11.1. The summed E-state index contributed by atoms with van der Waals surface area (Å²) in [5.74, 6) is 1.42. The Morgan fingerprint density at radius 2 is 1.85 bits per heavy atom. The maximum Gasteiger partial charge on any atom is 0.213 e. The van der Waals surface area contributed by atoms with Crippen LogP contribution in [0.1, 0.15) is 36.1 Å². The molecular weight excluding hydrogens is 439 g/mol. The van der Waals surface area contributed by atoms with Gasteiger partial charge in [0.05, 0.1) is 6.10 Å².